The van der Waals surface area contributed by atoms with E-state index >= 15 is 0 Å². The second kappa shape index (κ2) is 23.7. The van der Waals surface area contributed by atoms with E-state index in [2.05, 4.69) is 34.6 Å². The Morgan fingerprint density at radius 2 is 0.941 bits per heavy atom. The number of hydrogen-bond donors (Lipinski definition) is 0. The van der Waals surface area contributed by atoms with Crippen molar-refractivity contribution in [3.05, 3.63) is 0 Å². The van der Waals surface area contributed by atoms with Gasteiger partial charge in [0.15, 0.2) is 0 Å². The number of rotatable bonds is 24. The zero-order valence-corrected chi connectivity index (χ0v) is 23.5. The molecule has 0 amide bonds. The molecule has 0 aromatic heterocycles. The topological polar surface area (TPSA) is 52.6 Å². The fourth-order valence-corrected chi connectivity index (χ4v) is 4.16. The van der Waals surface area contributed by atoms with Gasteiger partial charge in [-0.3, -0.25) is 9.59 Å². The largest absolute Gasteiger partial charge is 0.465 e. The molecule has 0 spiro atoms. The van der Waals surface area contributed by atoms with Crippen LogP contribution in [0.4, 0.5) is 0 Å². The minimum absolute atomic E-state index is 0.0142. The lowest BCUT2D eigenvalue weighted by atomic mass is 9.95. The number of hydrogen-bond acceptors (Lipinski definition) is 4. The van der Waals surface area contributed by atoms with Gasteiger partial charge in [0, 0.05) is 12.8 Å². The van der Waals surface area contributed by atoms with Gasteiger partial charge in [-0.2, -0.15) is 0 Å². The van der Waals surface area contributed by atoms with Gasteiger partial charge in [-0.25, -0.2) is 0 Å². The SMILES string of the molecule is CCC(CCCCCCCCCCCCCCCCC(=O)OCC(C)C)CC(=O)OCC(C)C. The van der Waals surface area contributed by atoms with Crippen LogP contribution in [0.5, 0.6) is 0 Å². The minimum Gasteiger partial charge on any atom is -0.465 e. The number of esters is 2. The van der Waals surface area contributed by atoms with Crippen molar-refractivity contribution < 1.29 is 19.1 Å². The molecule has 0 fully saturated rings. The van der Waals surface area contributed by atoms with Crippen molar-refractivity contribution in [2.75, 3.05) is 13.2 Å². The fourth-order valence-electron chi connectivity index (χ4n) is 4.16. The van der Waals surface area contributed by atoms with E-state index in [1.54, 1.807) is 0 Å². The van der Waals surface area contributed by atoms with Crippen LogP contribution in [0.3, 0.4) is 0 Å². The molecule has 1 unspecified atom stereocenters. The molecule has 0 saturated carbocycles. The molecule has 0 heterocycles. The van der Waals surface area contributed by atoms with E-state index in [0.717, 1.165) is 25.7 Å². The molecule has 4 nitrogen and oxygen atoms in total. The van der Waals surface area contributed by atoms with Crippen LogP contribution in [-0.4, -0.2) is 25.2 Å². The zero-order valence-electron chi connectivity index (χ0n) is 23.5. The lowest BCUT2D eigenvalue weighted by Crippen LogP contribution is -2.14. The Hall–Kier alpha value is -1.06. The average Bonchev–Trinajstić information content (AvgIpc) is 2.80. The summed E-state index contributed by atoms with van der Waals surface area (Å²) in [6.07, 6.45) is 21.5. The van der Waals surface area contributed by atoms with Crippen LogP contribution in [-0.2, 0) is 19.1 Å². The monoisotopic (exact) mass is 482 g/mol. The highest BCUT2D eigenvalue weighted by molar-refractivity contribution is 5.69. The molecule has 34 heavy (non-hydrogen) atoms. The Labute approximate surface area is 212 Å². The standard InChI is InChI=1S/C30H58O4/c1-6-28(23-30(32)34-25-27(4)5)21-19-17-15-13-11-9-7-8-10-12-14-16-18-20-22-29(31)33-24-26(2)3/h26-28H,6-25H2,1-5H3. The maximum Gasteiger partial charge on any atom is 0.306 e. The molecule has 0 bridgehead atoms. The maximum atomic E-state index is 11.9. The lowest BCUT2D eigenvalue weighted by molar-refractivity contribution is -0.146. The highest BCUT2D eigenvalue weighted by Gasteiger charge is 2.13. The van der Waals surface area contributed by atoms with Crippen LogP contribution in [0.15, 0.2) is 0 Å². The third kappa shape index (κ3) is 24.1. The Bertz CT molecular complexity index is 472. The number of carbonyl (C=O) groups excluding carboxylic acids is 2. The maximum absolute atomic E-state index is 11.9. The summed E-state index contributed by atoms with van der Waals surface area (Å²) in [6.45, 7) is 11.6. The molecule has 0 saturated heterocycles. The van der Waals surface area contributed by atoms with Crippen LogP contribution in [0.2, 0.25) is 0 Å². The first-order chi connectivity index (χ1) is 16.3. The van der Waals surface area contributed by atoms with E-state index in [1.807, 2.05) is 0 Å². The normalized spacial score (nSPS) is 12.3. The molecule has 0 aliphatic rings. The van der Waals surface area contributed by atoms with Crippen molar-refractivity contribution in [3.63, 3.8) is 0 Å². The average molecular weight is 483 g/mol. The summed E-state index contributed by atoms with van der Waals surface area (Å²) >= 11 is 0. The van der Waals surface area contributed by atoms with Gasteiger partial charge in [0.25, 0.3) is 0 Å². The molecular formula is C30H58O4. The second-order valence-corrected chi connectivity index (χ2v) is 11.1. The van der Waals surface area contributed by atoms with Crippen LogP contribution >= 0.6 is 0 Å². The van der Waals surface area contributed by atoms with Crippen LogP contribution in [0.25, 0.3) is 0 Å². The fraction of sp³-hybridized carbons (Fsp3) is 0.933. The van der Waals surface area contributed by atoms with Gasteiger partial charge in [0.1, 0.15) is 0 Å². The number of ether oxygens (including phenoxy) is 2. The molecule has 0 aromatic rings. The second-order valence-electron chi connectivity index (χ2n) is 11.1. The number of carbonyl (C=O) groups is 2. The van der Waals surface area contributed by atoms with Crippen molar-refractivity contribution in [1.29, 1.82) is 0 Å². The molecule has 1 atom stereocenters. The number of unbranched alkanes of at least 4 members (excludes halogenated alkanes) is 13. The van der Waals surface area contributed by atoms with Crippen molar-refractivity contribution >= 4 is 11.9 Å². The molecular weight excluding hydrogens is 424 g/mol. The van der Waals surface area contributed by atoms with Crippen LogP contribution in [0.1, 0.15) is 150 Å². The molecule has 0 aliphatic heterocycles. The van der Waals surface area contributed by atoms with Gasteiger partial charge in [-0.1, -0.05) is 125 Å². The van der Waals surface area contributed by atoms with Crippen LogP contribution < -0.4 is 0 Å². The molecule has 0 aromatic carbocycles. The predicted molar refractivity (Wildman–Crippen MR) is 144 cm³/mol. The molecule has 0 aliphatic carbocycles. The molecule has 4 heteroatoms. The Balaban J connectivity index is 3.35. The van der Waals surface area contributed by atoms with E-state index in [4.69, 9.17) is 9.47 Å². The van der Waals surface area contributed by atoms with Gasteiger partial charge in [-0.15, -0.1) is 0 Å². The Kier molecular flexibility index (Phi) is 22.9. The summed E-state index contributed by atoms with van der Waals surface area (Å²) in [4.78, 5) is 23.5. The quantitative estimate of drug-likeness (QED) is 0.102. The molecule has 0 rings (SSSR count). The van der Waals surface area contributed by atoms with Gasteiger partial charge in [-0.05, 0) is 30.6 Å². The highest BCUT2D eigenvalue weighted by atomic mass is 16.5. The molecule has 0 N–H and O–H groups in total. The van der Waals surface area contributed by atoms with Crippen molar-refractivity contribution in [1.82, 2.24) is 0 Å². The summed E-state index contributed by atoms with van der Waals surface area (Å²) < 4.78 is 10.5. The van der Waals surface area contributed by atoms with Crippen molar-refractivity contribution in [2.24, 2.45) is 17.8 Å². The predicted octanol–water partition coefficient (Wildman–Crippen LogP) is 9.04. The van der Waals surface area contributed by atoms with E-state index in [0.29, 0.717) is 43.8 Å². The van der Waals surface area contributed by atoms with Gasteiger partial charge >= 0.3 is 11.9 Å². The van der Waals surface area contributed by atoms with Gasteiger partial charge < -0.3 is 9.47 Å². The van der Waals surface area contributed by atoms with Crippen LogP contribution in [0, 0.1) is 17.8 Å². The summed E-state index contributed by atoms with van der Waals surface area (Å²) in [5.74, 6) is 1.29. The smallest absolute Gasteiger partial charge is 0.306 e. The molecule has 0 radical (unpaired) electrons. The highest BCUT2D eigenvalue weighted by Crippen LogP contribution is 2.20. The third-order valence-corrected chi connectivity index (χ3v) is 6.43. The first-order valence-electron chi connectivity index (χ1n) is 14.7. The lowest BCUT2D eigenvalue weighted by Gasteiger charge is -2.14. The minimum atomic E-state index is -0.0297. The first kappa shape index (κ1) is 32.9. The van der Waals surface area contributed by atoms with E-state index in [9.17, 15) is 9.59 Å². The Morgan fingerprint density at radius 1 is 0.559 bits per heavy atom. The summed E-state index contributed by atoms with van der Waals surface area (Å²) in [5, 5.41) is 0. The van der Waals surface area contributed by atoms with E-state index in [1.165, 1.54) is 77.0 Å². The van der Waals surface area contributed by atoms with Crippen molar-refractivity contribution in [3.8, 4) is 0 Å². The van der Waals surface area contributed by atoms with Gasteiger partial charge in [0.2, 0.25) is 0 Å². The van der Waals surface area contributed by atoms with E-state index < -0.39 is 0 Å². The molecule has 202 valence electrons. The first-order valence-corrected chi connectivity index (χ1v) is 14.7. The summed E-state index contributed by atoms with van der Waals surface area (Å²) in [5.41, 5.74) is 0. The van der Waals surface area contributed by atoms with E-state index in [-0.39, 0.29) is 11.9 Å². The zero-order chi connectivity index (χ0) is 25.4. The summed E-state index contributed by atoms with van der Waals surface area (Å²) in [6, 6.07) is 0. The Morgan fingerprint density at radius 3 is 1.35 bits per heavy atom. The summed E-state index contributed by atoms with van der Waals surface area (Å²) in [7, 11) is 0. The van der Waals surface area contributed by atoms with Gasteiger partial charge in [0.05, 0.1) is 13.2 Å². The van der Waals surface area contributed by atoms with Crippen molar-refractivity contribution in [2.45, 2.75) is 150 Å². The third-order valence-electron chi connectivity index (χ3n) is 6.43.